The summed E-state index contributed by atoms with van der Waals surface area (Å²) in [5.74, 6) is -0.520. The molecule has 0 aromatic heterocycles. The van der Waals surface area contributed by atoms with E-state index < -0.39 is 11.9 Å². The number of carbonyl (C=O) groups is 2. The molecule has 0 bridgehead atoms. The normalized spacial score (nSPS) is 10.8. The summed E-state index contributed by atoms with van der Waals surface area (Å²) < 4.78 is 10.2. The first-order chi connectivity index (χ1) is 12.7. The zero-order chi connectivity index (χ0) is 18.4. The Labute approximate surface area is 151 Å². The maximum Gasteiger partial charge on any atom is 0.338 e. The van der Waals surface area contributed by atoms with Crippen molar-refractivity contribution in [2.45, 2.75) is 6.92 Å². The van der Waals surface area contributed by atoms with E-state index in [0.717, 1.165) is 16.3 Å². The number of hydrogen-bond donors (Lipinski definition) is 0. The van der Waals surface area contributed by atoms with E-state index in [1.807, 2.05) is 42.5 Å². The van der Waals surface area contributed by atoms with Gasteiger partial charge in [0.25, 0.3) is 0 Å². The minimum Gasteiger partial charge on any atom is -0.462 e. The van der Waals surface area contributed by atoms with Crippen LogP contribution in [-0.4, -0.2) is 18.5 Å². The van der Waals surface area contributed by atoms with Crippen molar-refractivity contribution < 1.29 is 19.1 Å². The van der Waals surface area contributed by atoms with E-state index >= 15 is 0 Å². The lowest BCUT2D eigenvalue weighted by Gasteiger charge is -2.04. The molecule has 3 aromatic rings. The van der Waals surface area contributed by atoms with E-state index in [0.29, 0.717) is 17.9 Å². The standard InChI is InChI=1S/C22H18O4/c1-2-25-22(24)18-10-13-19(14-11-18)26-21(23)15-12-17-8-5-7-16-6-3-4-9-20(16)17/h3-15H,2H2,1H3/b15-12+. The Morgan fingerprint density at radius 1 is 0.923 bits per heavy atom. The molecule has 0 saturated heterocycles. The number of benzene rings is 3. The van der Waals surface area contributed by atoms with E-state index in [1.165, 1.54) is 6.08 Å². The number of rotatable bonds is 5. The van der Waals surface area contributed by atoms with Crippen molar-refractivity contribution in [2.24, 2.45) is 0 Å². The Bertz CT molecular complexity index is 950. The lowest BCUT2D eigenvalue weighted by Crippen LogP contribution is -2.06. The van der Waals surface area contributed by atoms with Crippen LogP contribution in [0.1, 0.15) is 22.8 Å². The van der Waals surface area contributed by atoms with Gasteiger partial charge in [-0.05, 0) is 53.6 Å². The number of hydrogen-bond acceptors (Lipinski definition) is 4. The third kappa shape index (κ3) is 4.16. The summed E-state index contributed by atoms with van der Waals surface area (Å²) in [4.78, 5) is 23.6. The van der Waals surface area contributed by atoms with Crippen LogP contribution in [0.25, 0.3) is 16.8 Å². The minimum atomic E-state index is -0.484. The van der Waals surface area contributed by atoms with Gasteiger partial charge in [0, 0.05) is 6.08 Å². The number of carbonyl (C=O) groups excluding carboxylic acids is 2. The molecular weight excluding hydrogens is 328 g/mol. The topological polar surface area (TPSA) is 52.6 Å². The molecule has 0 N–H and O–H groups in total. The molecule has 0 saturated carbocycles. The second-order valence-corrected chi connectivity index (χ2v) is 5.57. The summed E-state index contributed by atoms with van der Waals surface area (Å²) >= 11 is 0. The van der Waals surface area contributed by atoms with Gasteiger partial charge < -0.3 is 9.47 Å². The predicted octanol–water partition coefficient (Wildman–Crippen LogP) is 4.64. The fraction of sp³-hybridized carbons (Fsp3) is 0.0909. The van der Waals surface area contributed by atoms with Crippen LogP contribution in [0.2, 0.25) is 0 Å². The maximum atomic E-state index is 12.0. The highest BCUT2D eigenvalue weighted by Gasteiger charge is 2.07. The molecule has 0 aliphatic heterocycles. The lowest BCUT2D eigenvalue weighted by molar-refractivity contribution is -0.128. The monoisotopic (exact) mass is 346 g/mol. The van der Waals surface area contributed by atoms with Gasteiger partial charge in [0.05, 0.1) is 12.2 Å². The van der Waals surface area contributed by atoms with Crippen molar-refractivity contribution in [3.8, 4) is 5.75 Å². The highest BCUT2D eigenvalue weighted by Crippen LogP contribution is 2.20. The van der Waals surface area contributed by atoms with Gasteiger partial charge in [0.2, 0.25) is 0 Å². The molecule has 0 aliphatic carbocycles. The Kier molecular flexibility index (Phi) is 5.44. The van der Waals surface area contributed by atoms with Crippen LogP contribution < -0.4 is 4.74 Å². The molecule has 3 aromatic carbocycles. The average Bonchev–Trinajstić information content (AvgIpc) is 2.67. The van der Waals surface area contributed by atoms with E-state index in [4.69, 9.17) is 9.47 Å². The van der Waals surface area contributed by atoms with Crippen LogP contribution >= 0.6 is 0 Å². The summed E-state index contributed by atoms with van der Waals surface area (Å²) in [7, 11) is 0. The zero-order valence-electron chi connectivity index (χ0n) is 14.3. The largest absolute Gasteiger partial charge is 0.462 e. The SMILES string of the molecule is CCOC(=O)c1ccc(OC(=O)/C=C/c2cccc3ccccc23)cc1. The molecule has 130 valence electrons. The zero-order valence-corrected chi connectivity index (χ0v) is 14.3. The van der Waals surface area contributed by atoms with Crippen molar-refractivity contribution in [1.29, 1.82) is 0 Å². The molecule has 4 heteroatoms. The second-order valence-electron chi connectivity index (χ2n) is 5.57. The van der Waals surface area contributed by atoms with Crippen molar-refractivity contribution in [3.63, 3.8) is 0 Å². The van der Waals surface area contributed by atoms with E-state index in [2.05, 4.69) is 0 Å². The fourth-order valence-corrected chi connectivity index (χ4v) is 2.58. The van der Waals surface area contributed by atoms with Crippen LogP contribution in [0.5, 0.6) is 5.75 Å². The van der Waals surface area contributed by atoms with Crippen molar-refractivity contribution in [2.75, 3.05) is 6.61 Å². The molecule has 0 radical (unpaired) electrons. The number of esters is 2. The van der Waals surface area contributed by atoms with Gasteiger partial charge >= 0.3 is 11.9 Å². The Morgan fingerprint density at radius 3 is 2.42 bits per heavy atom. The number of fused-ring (bicyclic) bond motifs is 1. The average molecular weight is 346 g/mol. The van der Waals surface area contributed by atoms with Crippen LogP contribution in [-0.2, 0) is 9.53 Å². The van der Waals surface area contributed by atoms with Crippen LogP contribution in [0.15, 0.2) is 72.8 Å². The van der Waals surface area contributed by atoms with Crippen molar-refractivity contribution >= 4 is 28.8 Å². The van der Waals surface area contributed by atoms with Gasteiger partial charge in [-0.2, -0.15) is 0 Å². The molecule has 0 aliphatic rings. The van der Waals surface area contributed by atoms with Gasteiger partial charge in [-0.15, -0.1) is 0 Å². The van der Waals surface area contributed by atoms with E-state index in [1.54, 1.807) is 37.3 Å². The van der Waals surface area contributed by atoms with Gasteiger partial charge in [-0.3, -0.25) is 0 Å². The quantitative estimate of drug-likeness (QED) is 0.384. The maximum absolute atomic E-state index is 12.0. The highest BCUT2D eigenvalue weighted by atomic mass is 16.5. The predicted molar refractivity (Wildman–Crippen MR) is 101 cm³/mol. The summed E-state index contributed by atoms with van der Waals surface area (Å²) in [6, 6.07) is 20.1. The third-order valence-corrected chi connectivity index (χ3v) is 3.81. The number of ether oxygens (including phenoxy) is 2. The first-order valence-electron chi connectivity index (χ1n) is 8.32. The summed E-state index contributed by atoms with van der Waals surface area (Å²) in [5, 5.41) is 2.18. The van der Waals surface area contributed by atoms with Crippen LogP contribution in [0.3, 0.4) is 0 Å². The molecule has 0 unspecified atom stereocenters. The molecule has 0 spiro atoms. The Balaban J connectivity index is 1.68. The molecular formula is C22H18O4. The van der Waals surface area contributed by atoms with Gasteiger partial charge in [0.15, 0.2) is 0 Å². The molecule has 0 atom stereocenters. The van der Waals surface area contributed by atoms with Crippen molar-refractivity contribution in [1.82, 2.24) is 0 Å². The summed E-state index contributed by atoms with van der Waals surface area (Å²) in [6.07, 6.45) is 3.12. The first-order valence-corrected chi connectivity index (χ1v) is 8.32. The smallest absolute Gasteiger partial charge is 0.338 e. The minimum absolute atomic E-state index is 0.314. The van der Waals surface area contributed by atoms with Crippen LogP contribution in [0.4, 0.5) is 0 Å². The van der Waals surface area contributed by atoms with Gasteiger partial charge in [0.1, 0.15) is 5.75 Å². The van der Waals surface area contributed by atoms with E-state index in [-0.39, 0.29) is 0 Å². The first kappa shape index (κ1) is 17.4. The van der Waals surface area contributed by atoms with E-state index in [9.17, 15) is 9.59 Å². The molecule has 0 heterocycles. The lowest BCUT2D eigenvalue weighted by atomic mass is 10.0. The third-order valence-electron chi connectivity index (χ3n) is 3.81. The van der Waals surface area contributed by atoms with Crippen LogP contribution in [0, 0.1) is 0 Å². The summed E-state index contributed by atoms with van der Waals surface area (Å²) in [6.45, 7) is 2.06. The molecule has 26 heavy (non-hydrogen) atoms. The molecule has 4 nitrogen and oxygen atoms in total. The van der Waals surface area contributed by atoms with Gasteiger partial charge in [-0.25, -0.2) is 9.59 Å². The molecule has 0 fully saturated rings. The molecule has 3 rings (SSSR count). The summed E-state index contributed by atoms with van der Waals surface area (Å²) in [5.41, 5.74) is 1.36. The molecule has 0 amide bonds. The fourth-order valence-electron chi connectivity index (χ4n) is 2.58. The second kappa shape index (κ2) is 8.12. The Morgan fingerprint density at radius 2 is 1.65 bits per heavy atom. The highest BCUT2D eigenvalue weighted by molar-refractivity contribution is 5.95. The Hall–Kier alpha value is -3.40. The van der Waals surface area contributed by atoms with Crippen molar-refractivity contribution in [3.05, 3.63) is 83.9 Å². The van der Waals surface area contributed by atoms with Gasteiger partial charge in [-0.1, -0.05) is 42.5 Å².